The van der Waals surface area contributed by atoms with Gasteiger partial charge in [0.15, 0.2) is 5.65 Å². The highest BCUT2D eigenvalue weighted by Gasteiger charge is 2.27. The molecule has 1 aliphatic rings. The molecule has 9 nitrogen and oxygen atoms in total. The van der Waals surface area contributed by atoms with Crippen molar-refractivity contribution >= 4 is 17.5 Å². The molecule has 2 aromatic carbocycles. The van der Waals surface area contributed by atoms with Gasteiger partial charge in [-0.2, -0.15) is 0 Å². The Kier molecular flexibility index (Phi) is 6.78. The molecule has 9 heteroatoms. The van der Waals surface area contributed by atoms with Crippen molar-refractivity contribution in [3.8, 4) is 22.8 Å². The van der Waals surface area contributed by atoms with Gasteiger partial charge in [-0.3, -0.25) is 14.7 Å². The Hall–Kier alpha value is -4.37. The third kappa shape index (κ3) is 5.12. The maximum atomic E-state index is 12.7. The second kappa shape index (κ2) is 10.3. The molecule has 1 aliphatic heterocycles. The molecule has 0 atom stereocenters. The summed E-state index contributed by atoms with van der Waals surface area (Å²) in [5.74, 6) is 0.880. The summed E-state index contributed by atoms with van der Waals surface area (Å²) in [6, 6.07) is 17.0. The van der Waals surface area contributed by atoms with Crippen LogP contribution in [0.4, 0.5) is 0 Å². The van der Waals surface area contributed by atoms with E-state index in [-0.39, 0.29) is 5.91 Å². The van der Waals surface area contributed by atoms with Crippen LogP contribution in [-0.4, -0.2) is 69.9 Å². The molecule has 190 valence electrons. The first-order chi connectivity index (χ1) is 17.9. The quantitative estimate of drug-likeness (QED) is 0.380. The molecule has 2 amide bonds. The number of primary amides is 1. The smallest absolute Gasteiger partial charge is 0.254 e. The van der Waals surface area contributed by atoms with Crippen molar-refractivity contribution in [3.05, 3.63) is 83.7 Å². The highest BCUT2D eigenvalue weighted by atomic mass is 16.5. The Morgan fingerprint density at radius 2 is 1.76 bits per heavy atom. The molecule has 0 saturated heterocycles. The lowest BCUT2D eigenvalue weighted by Gasteiger charge is -2.18. The van der Waals surface area contributed by atoms with Crippen molar-refractivity contribution < 1.29 is 14.3 Å². The molecular formula is C28H30N6O3. The normalized spacial score (nSPS) is 13.8. The van der Waals surface area contributed by atoms with Gasteiger partial charge in [-0.05, 0) is 50.5 Å². The molecule has 3 N–H and O–H groups in total. The van der Waals surface area contributed by atoms with Crippen LogP contribution in [0.2, 0.25) is 0 Å². The number of para-hydroxylation sites is 1. The topological polar surface area (TPSA) is 109 Å². The van der Waals surface area contributed by atoms with Gasteiger partial charge in [0.2, 0.25) is 5.91 Å². The van der Waals surface area contributed by atoms with E-state index in [4.69, 9.17) is 15.5 Å². The Morgan fingerprint density at radius 1 is 1.05 bits per heavy atom. The van der Waals surface area contributed by atoms with Crippen LogP contribution >= 0.6 is 0 Å². The molecule has 2 aromatic heterocycles. The molecule has 0 spiro atoms. The number of aromatic amines is 1. The van der Waals surface area contributed by atoms with Crippen LogP contribution in [0.25, 0.3) is 16.9 Å². The van der Waals surface area contributed by atoms with E-state index in [1.807, 2.05) is 89.1 Å². The maximum Gasteiger partial charge on any atom is 0.254 e. The van der Waals surface area contributed by atoms with Gasteiger partial charge in [-0.1, -0.05) is 24.3 Å². The van der Waals surface area contributed by atoms with Crippen molar-refractivity contribution in [1.82, 2.24) is 24.4 Å². The Balaban J connectivity index is 1.40. The Bertz CT molecular complexity index is 1450. The predicted octanol–water partition coefficient (Wildman–Crippen LogP) is 3.27. The lowest BCUT2D eigenvalue weighted by Crippen LogP contribution is -2.32. The average molecular weight is 499 g/mol. The number of hydrogen-bond acceptors (Lipinski definition) is 5. The monoisotopic (exact) mass is 498 g/mol. The van der Waals surface area contributed by atoms with Crippen LogP contribution in [-0.2, 0) is 17.6 Å². The molecular weight excluding hydrogens is 468 g/mol. The number of aromatic nitrogens is 3. The Morgan fingerprint density at radius 3 is 2.46 bits per heavy atom. The minimum atomic E-state index is -0.547. The zero-order valence-electron chi connectivity index (χ0n) is 21.0. The highest BCUT2D eigenvalue weighted by molar-refractivity contribution is 6.04. The van der Waals surface area contributed by atoms with E-state index in [1.165, 1.54) is 0 Å². The molecule has 0 radical (unpaired) electrons. The van der Waals surface area contributed by atoms with Crippen LogP contribution in [0.3, 0.4) is 0 Å². The second-order valence-electron chi connectivity index (χ2n) is 9.32. The Labute approximate surface area is 215 Å². The van der Waals surface area contributed by atoms with Gasteiger partial charge in [0, 0.05) is 44.1 Å². The largest absolute Gasteiger partial charge is 0.457 e. The number of amides is 2. The van der Waals surface area contributed by atoms with Crippen LogP contribution in [0.15, 0.2) is 66.7 Å². The van der Waals surface area contributed by atoms with Gasteiger partial charge in [0.25, 0.3) is 5.91 Å². The van der Waals surface area contributed by atoms with Crippen molar-refractivity contribution in [2.24, 2.45) is 5.73 Å². The standard InChI is InChI=1S/C28H30N6O3/c1-32(2)16-6-9-24(35)33-17-14-22-23(15-18-33)34-28(30-22)25(27(29)36)26(31-34)19-10-12-21(13-11-19)37-20-7-4-3-5-8-20/h3-13,31H,14-18H2,1-2H3,(H2,29,36). The maximum absolute atomic E-state index is 12.7. The third-order valence-electron chi connectivity index (χ3n) is 6.40. The number of ether oxygens (including phenoxy) is 1. The molecule has 0 bridgehead atoms. The summed E-state index contributed by atoms with van der Waals surface area (Å²) in [6.45, 7) is 1.85. The van der Waals surface area contributed by atoms with E-state index in [0.717, 1.165) is 22.7 Å². The minimum Gasteiger partial charge on any atom is -0.457 e. The van der Waals surface area contributed by atoms with Gasteiger partial charge >= 0.3 is 0 Å². The van der Waals surface area contributed by atoms with E-state index < -0.39 is 5.91 Å². The molecule has 3 heterocycles. The SMILES string of the molecule is CN(C)CC=CC(=O)N1CCc2nc3c(C(N)=O)c(-c4ccc(Oc5ccccc5)cc4)[nH]n3c2CC1. The average Bonchev–Trinajstić information content (AvgIpc) is 3.33. The molecule has 0 saturated carbocycles. The number of hydrogen-bond donors (Lipinski definition) is 2. The molecule has 5 rings (SSSR count). The predicted molar refractivity (Wildman–Crippen MR) is 142 cm³/mol. The van der Waals surface area contributed by atoms with Crippen molar-refractivity contribution in [1.29, 1.82) is 0 Å². The number of carbonyl (C=O) groups excluding carboxylic acids is 2. The number of nitrogens with zero attached hydrogens (tertiary/aromatic N) is 4. The van der Waals surface area contributed by atoms with Crippen LogP contribution < -0.4 is 10.5 Å². The number of benzene rings is 2. The van der Waals surface area contributed by atoms with Crippen LogP contribution in [0.5, 0.6) is 11.5 Å². The fourth-order valence-corrected chi connectivity index (χ4v) is 4.56. The number of H-pyrrole nitrogens is 1. The van der Waals surface area contributed by atoms with E-state index >= 15 is 0 Å². The molecule has 0 fully saturated rings. The summed E-state index contributed by atoms with van der Waals surface area (Å²) >= 11 is 0. The lowest BCUT2D eigenvalue weighted by molar-refractivity contribution is -0.125. The van der Waals surface area contributed by atoms with E-state index in [9.17, 15) is 9.59 Å². The van der Waals surface area contributed by atoms with Gasteiger partial charge < -0.3 is 20.3 Å². The van der Waals surface area contributed by atoms with Crippen LogP contribution in [0.1, 0.15) is 21.7 Å². The highest BCUT2D eigenvalue weighted by Crippen LogP contribution is 2.31. The fraction of sp³-hybridized carbons (Fsp3) is 0.250. The van der Waals surface area contributed by atoms with Crippen molar-refractivity contribution in [2.45, 2.75) is 12.8 Å². The second-order valence-corrected chi connectivity index (χ2v) is 9.32. The first-order valence-electron chi connectivity index (χ1n) is 12.3. The molecule has 0 aliphatic carbocycles. The van der Waals surface area contributed by atoms with Gasteiger partial charge in [0.1, 0.15) is 17.1 Å². The third-order valence-corrected chi connectivity index (χ3v) is 6.40. The lowest BCUT2D eigenvalue weighted by atomic mass is 10.1. The number of likely N-dealkylation sites (N-methyl/N-ethyl adjacent to an activating group) is 1. The van der Waals surface area contributed by atoms with Gasteiger partial charge in [-0.25, -0.2) is 9.50 Å². The number of rotatable bonds is 7. The van der Waals surface area contributed by atoms with Gasteiger partial charge in [0.05, 0.1) is 17.1 Å². The zero-order chi connectivity index (χ0) is 25.9. The van der Waals surface area contributed by atoms with Crippen molar-refractivity contribution in [3.63, 3.8) is 0 Å². The van der Waals surface area contributed by atoms with E-state index in [1.54, 1.807) is 6.08 Å². The fourth-order valence-electron chi connectivity index (χ4n) is 4.56. The first kappa shape index (κ1) is 24.3. The summed E-state index contributed by atoms with van der Waals surface area (Å²) in [5.41, 5.74) is 9.91. The number of carbonyl (C=O) groups is 2. The minimum absolute atomic E-state index is 0.00365. The summed E-state index contributed by atoms with van der Waals surface area (Å²) in [4.78, 5) is 33.8. The van der Waals surface area contributed by atoms with E-state index in [2.05, 4.69) is 5.10 Å². The number of imidazole rings is 1. The zero-order valence-corrected chi connectivity index (χ0v) is 21.0. The summed E-state index contributed by atoms with van der Waals surface area (Å²) < 4.78 is 7.73. The number of nitrogens with two attached hydrogens (primary N) is 1. The number of fused-ring (bicyclic) bond motifs is 3. The van der Waals surface area contributed by atoms with Gasteiger partial charge in [-0.15, -0.1) is 0 Å². The molecule has 0 unspecified atom stereocenters. The number of nitrogens with one attached hydrogen (secondary N) is 1. The molecule has 4 aromatic rings. The summed E-state index contributed by atoms with van der Waals surface area (Å²) in [7, 11) is 3.92. The summed E-state index contributed by atoms with van der Waals surface area (Å²) in [6.07, 6.45) is 4.73. The van der Waals surface area contributed by atoms with E-state index in [0.29, 0.717) is 55.1 Å². The van der Waals surface area contributed by atoms with Crippen molar-refractivity contribution in [2.75, 3.05) is 33.7 Å². The van der Waals surface area contributed by atoms with Crippen LogP contribution in [0, 0.1) is 0 Å². The molecule has 37 heavy (non-hydrogen) atoms. The first-order valence-corrected chi connectivity index (χ1v) is 12.3. The summed E-state index contributed by atoms with van der Waals surface area (Å²) in [5, 5.41) is 3.35.